The van der Waals surface area contributed by atoms with Gasteiger partial charge in [-0.2, -0.15) is 0 Å². The molecule has 0 unspecified atom stereocenters. The molecule has 0 radical (unpaired) electrons. The molecule has 0 saturated carbocycles. The summed E-state index contributed by atoms with van der Waals surface area (Å²) in [6, 6.07) is 10.6. The van der Waals surface area contributed by atoms with Crippen LogP contribution in [0.1, 0.15) is 5.56 Å². The quantitative estimate of drug-likeness (QED) is 0.720. The van der Waals surface area contributed by atoms with E-state index >= 15 is 0 Å². The normalized spacial score (nSPS) is 11.2. The number of hydrogen-bond donors (Lipinski definition) is 2. The van der Waals surface area contributed by atoms with Crippen LogP contribution in [0.5, 0.6) is 0 Å². The Bertz CT molecular complexity index is 785. The molecule has 1 heterocycles. The number of halogens is 2. The van der Waals surface area contributed by atoms with E-state index in [1.165, 1.54) is 6.07 Å². The molecule has 2 nitrogen and oxygen atoms in total. The average molecular weight is 321 g/mol. The van der Waals surface area contributed by atoms with Crippen LogP contribution in [0.4, 0.5) is 4.39 Å². The van der Waals surface area contributed by atoms with E-state index in [0.29, 0.717) is 11.6 Å². The minimum absolute atomic E-state index is 0.216. The molecule has 0 aliphatic carbocycles. The van der Waals surface area contributed by atoms with Gasteiger partial charge in [0.1, 0.15) is 5.82 Å². The minimum atomic E-state index is -0.216. The van der Waals surface area contributed by atoms with Crippen LogP contribution in [0.3, 0.4) is 0 Å². The second kappa shape index (κ2) is 6.10. The highest BCUT2D eigenvalue weighted by molar-refractivity contribution is 7.99. The van der Waals surface area contributed by atoms with Gasteiger partial charge < -0.3 is 10.3 Å². The lowest BCUT2D eigenvalue weighted by molar-refractivity contribution is 0.621. The summed E-state index contributed by atoms with van der Waals surface area (Å²) in [5.74, 6) is -0.216. The van der Waals surface area contributed by atoms with E-state index in [2.05, 4.69) is 10.3 Å². The predicted octanol–water partition coefficient (Wildman–Crippen LogP) is 4.83. The van der Waals surface area contributed by atoms with Crippen molar-refractivity contribution in [3.63, 3.8) is 0 Å². The van der Waals surface area contributed by atoms with E-state index in [1.807, 2.05) is 37.5 Å². The molecule has 5 heteroatoms. The highest BCUT2D eigenvalue weighted by Crippen LogP contribution is 2.36. The van der Waals surface area contributed by atoms with E-state index < -0.39 is 0 Å². The molecule has 108 valence electrons. The second-order valence-electron chi connectivity index (χ2n) is 4.73. The molecular weight excluding hydrogens is 307 g/mol. The minimum Gasteiger partial charge on any atom is -0.360 e. The van der Waals surface area contributed by atoms with Crippen molar-refractivity contribution in [1.82, 2.24) is 10.3 Å². The first-order valence-electron chi connectivity index (χ1n) is 6.55. The van der Waals surface area contributed by atoms with Gasteiger partial charge in [0.15, 0.2) is 0 Å². The van der Waals surface area contributed by atoms with Crippen molar-refractivity contribution in [2.45, 2.75) is 16.3 Å². The van der Waals surface area contributed by atoms with Crippen molar-refractivity contribution >= 4 is 34.3 Å². The summed E-state index contributed by atoms with van der Waals surface area (Å²) in [7, 11) is 1.85. The van der Waals surface area contributed by atoms with Gasteiger partial charge in [-0.15, -0.1) is 0 Å². The van der Waals surface area contributed by atoms with Crippen LogP contribution in [0.2, 0.25) is 5.02 Å². The standard InChI is InChI=1S/C16H14ClFN2S/c1-19-8-10-6-12(18)3-5-15(10)21-16-9-20-14-4-2-11(17)7-13(14)16/h2-7,9,19-20H,8H2,1H3. The molecular formula is C16H14ClFN2S. The van der Waals surface area contributed by atoms with Crippen LogP contribution >= 0.6 is 23.4 Å². The van der Waals surface area contributed by atoms with Crippen LogP contribution in [0, 0.1) is 5.82 Å². The summed E-state index contributed by atoms with van der Waals surface area (Å²) in [5, 5.41) is 4.85. The van der Waals surface area contributed by atoms with Crippen LogP contribution in [0.15, 0.2) is 52.4 Å². The van der Waals surface area contributed by atoms with Crippen LogP contribution in [0.25, 0.3) is 10.9 Å². The fourth-order valence-corrected chi connectivity index (χ4v) is 3.45. The summed E-state index contributed by atoms with van der Waals surface area (Å²) in [6.07, 6.45) is 1.96. The molecule has 0 aliphatic heterocycles. The van der Waals surface area contributed by atoms with Crippen molar-refractivity contribution in [2.75, 3.05) is 7.05 Å². The highest BCUT2D eigenvalue weighted by Gasteiger charge is 2.10. The van der Waals surface area contributed by atoms with E-state index in [0.717, 1.165) is 26.3 Å². The lowest BCUT2D eigenvalue weighted by atomic mass is 10.2. The van der Waals surface area contributed by atoms with Gasteiger partial charge in [0.2, 0.25) is 0 Å². The molecule has 0 aliphatic rings. The predicted molar refractivity (Wildman–Crippen MR) is 86.6 cm³/mol. The van der Waals surface area contributed by atoms with Crippen molar-refractivity contribution in [3.05, 3.63) is 59.0 Å². The molecule has 21 heavy (non-hydrogen) atoms. The van der Waals surface area contributed by atoms with Crippen molar-refractivity contribution in [3.8, 4) is 0 Å². The maximum absolute atomic E-state index is 13.4. The first-order chi connectivity index (χ1) is 10.2. The van der Waals surface area contributed by atoms with Gasteiger partial charge in [0.05, 0.1) is 0 Å². The molecule has 3 aromatic rings. The van der Waals surface area contributed by atoms with E-state index in [9.17, 15) is 4.39 Å². The summed E-state index contributed by atoms with van der Waals surface area (Å²) in [6.45, 7) is 0.628. The summed E-state index contributed by atoms with van der Waals surface area (Å²) >= 11 is 7.68. The second-order valence-corrected chi connectivity index (χ2v) is 6.25. The number of rotatable bonds is 4. The third kappa shape index (κ3) is 3.07. The van der Waals surface area contributed by atoms with E-state index in [1.54, 1.807) is 17.8 Å². The number of H-pyrrole nitrogens is 1. The molecule has 0 atom stereocenters. The van der Waals surface area contributed by atoms with Gasteiger partial charge in [-0.1, -0.05) is 23.4 Å². The molecule has 0 spiro atoms. The fraction of sp³-hybridized carbons (Fsp3) is 0.125. The van der Waals surface area contributed by atoms with Gasteiger partial charge in [-0.25, -0.2) is 4.39 Å². The Balaban J connectivity index is 2.00. The largest absolute Gasteiger partial charge is 0.360 e. The number of hydrogen-bond acceptors (Lipinski definition) is 2. The van der Waals surface area contributed by atoms with Gasteiger partial charge in [-0.05, 0) is 49.0 Å². The summed E-state index contributed by atoms with van der Waals surface area (Å²) in [4.78, 5) is 5.34. The fourth-order valence-electron chi connectivity index (χ4n) is 2.25. The number of aromatic amines is 1. The molecule has 0 fully saturated rings. The van der Waals surface area contributed by atoms with Gasteiger partial charge in [0, 0.05) is 38.5 Å². The van der Waals surface area contributed by atoms with Crippen molar-refractivity contribution in [2.24, 2.45) is 0 Å². The smallest absolute Gasteiger partial charge is 0.123 e. The molecule has 0 amide bonds. The third-order valence-corrected chi connectivity index (χ3v) is 4.63. The van der Waals surface area contributed by atoms with E-state index in [-0.39, 0.29) is 5.82 Å². The lowest BCUT2D eigenvalue weighted by Crippen LogP contribution is -2.06. The van der Waals surface area contributed by atoms with Gasteiger partial charge >= 0.3 is 0 Å². The van der Waals surface area contributed by atoms with Crippen LogP contribution in [-0.2, 0) is 6.54 Å². The molecule has 2 aromatic carbocycles. The molecule has 0 bridgehead atoms. The zero-order valence-electron chi connectivity index (χ0n) is 11.4. The lowest BCUT2D eigenvalue weighted by Gasteiger charge is -2.08. The molecule has 2 N–H and O–H groups in total. The van der Waals surface area contributed by atoms with Crippen molar-refractivity contribution < 1.29 is 4.39 Å². The molecule has 1 aromatic heterocycles. The highest BCUT2D eigenvalue weighted by atomic mass is 35.5. The van der Waals surface area contributed by atoms with E-state index in [4.69, 9.17) is 11.6 Å². The monoisotopic (exact) mass is 320 g/mol. The average Bonchev–Trinajstić information content (AvgIpc) is 2.84. The number of benzene rings is 2. The molecule has 0 saturated heterocycles. The Hall–Kier alpha value is -1.49. The first-order valence-corrected chi connectivity index (χ1v) is 7.74. The Morgan fingerprint density at radius 3 is 2.86 bits per heavy atom. The Morgan fingerprint density at radius 1 is 1.19 bits per heavy atom. The van der Waals surface area contributed by atoms with Crippen molar-refractivity contribution in [1.29, 1.82) is 0 Å². The number of nitrogens with one attached hydrogen (secondary N) is 2. The summed E-state index contributed by atoms with van der Waals surface area (Å²) in [5.41, 5.74) is 1.98. The maximum atomic E-state index is 13.4. The zero-order valence-corrected chi connectivity index (χ0v) is 13.0. The van der Waals surface area contributed by atoms with Gasteiger partial charge in [0.25, 0.3) is 0 Å². The first kappa shape index (κ1) is 14.4. The Labute approximate surface area is 131 Å². The zero-order chi connectivity index (χ0) is 14.8. The molecule has 3 rings (SSSR count). The van der Waals surface area contributed by atoms with Gasteiger partial charge in [-0.3, -0.25) is 0 Å². The van der Waals surface area contributed by atoms with Crippen LogP contribution in [-0.4, -0.2) is 12.0 Å². The SMILES string of the molecule is CNCc1cc(F)ccc1Sc1c[nH]c2ccc(Cl)cc12. The maximum Gasteiger partial charge on any atom is 0.123 e. The topological polar surface area (TPSA) is 27.8 Å². The van der Waals surface area contributed by atoms with Crippen LogP contribution < -0.4 is 5.32 Å². The number of fused-ring (bicyclic) bond motifs is 1. The number of aromatic nitrogens is 1. The summed E-state index contributed by atoms with van der Waals surface area (Å²) < 4.78 is 13.4. The Morgan fingerprint density at radius 2 is 2.05 bits per heavy atom. The Kier molecular flexibility index (Phi) is 4.19. The third-order valence-electron chi connectivity index (χ3n) is 3.22.